The zero-order valence-electron chi connectivity index (χ0n) is 12.3. The van der Waals surface area contributed by atoms with E-state index in [4.69, 9.17) is 4.99 Å². The van der Waals surface area contributed by atoms with Gasteiger partial charge in [-0.2, -0.15) is 23.5 Å². The van der Waals surface area contributed by atoms with E-state index in [9.17, 15) is 0 Å². The second-order valence-corrected chi connectivity index (χ2v) is 7.54. The van der Waals surface area contributed by atoms with Crippen molar-refractivity contribution in [1.29, 1.82) is 0 Å². The molecule has 0 aromatic rings. The molecule has 1 atom stereocenters. The number of hydrogen-bond acceptors (Lipinski definition) is 3. The molecule has 1 aliphatic heterocycles. The molecule has 0 bridgehead atoms. The molecule has 0 aromatic heterocycles. The Morgan fingerprint density at radius 3 is 2.79 bits per heavy atom. The monoisotopic (exact) mass is 417 g/mol. The molecule has 0 radical (unpaired) electrons. The number of guanidine groups is 1. The van der Waals surface area contributed by atoms with E-state index in [1.54, 1.807) is 0 Å². The highest BCUT2D eigenvalue weighted by atomic mass is 127. The van der Waals surface area contributed by atoms with Gasteiger partial charge in [0.05, 0.1) is 6.54 Å². The first-order chi connectivity index (χ1) is 8.70. The first-order valence-electron chi connectivity index (χ1n) is 6.85. The molecule has 1 saturated heterocycles. The van der Waals surface area contributed by atoms with Crippen molar-refractivity contribution in [3.8, 4) is 0 Å². The van der Waals surface area contributed by atoms with Gasteiger partial charge in [-0.25, -0.2) is 0 Å². The zero-order chi connectivity index (χ0) is 13.3. The molecule has 3 nitrogen and oxygen atoms in total. The van der Waals surface area contributed by atoms with Crippen LogP contribution in [0.3, 0.4) is 0 Å². The fraction of sp³-hybridized carbons (Fsp3) is 0.923. The van der Waals surface area contributed by atoms with Crippen molar-refractivity contribution in [2.75, 3.05) is 37.4 Å². The van der Waals surface area contributed by atoms with Crippen LogP contribution in [0.15, 0.2) is 4.99 Å². The Bertz CT molecular complexity index is 256. The number of aliphatic imine (C=N–C) groups is 1. The standard InChI is InChI=1S/C13H27N3S2.HI/c1-4-14-12(15-8-6-9-17-3)16-11-13(2)7-5-10-18-13;/h4-11H2,1-3H3,(H2,14,15,16);1H. The fourth-order valence-electron chi connectivity index (χ4n) is 1.97. The first-order valence-corrected chi connectivity index (χ1v) is 9.23. The molecular weight excluding hydrogens is 389 g/mol. The minimum Gasteiger partial charge on any atom is -0.357 e. The van der Waals surface area contributed by atoms with Crippen LogP contribution >= 0.6 is 47.5 Å². The Morgan fingerprint density at radius 1 is 1.42 bits per heavy atom. The van der Waals surface area contributed by atoms with Crippen molar-refractivity contribution in [3.05, 3.63) is 0 Å². The summed E-state index contributed by atoms with van der Waals surface area (Å²) in [5.41, 5.74) is 0. The molecule has 1 rings (SSSR count). The van der Waals surface area contributed by atoms with Crippen LogP contribution in [-0.2, 0) is 0 Å². The lowest BCUT2D eigenvalue weighted by Crippen LogP contribution is -2.39. The molecule has 0 spiro atoms. The normalized spacial score (nSPS) is 23.0. The van der Waals surface area contributed by atoms with E-state index < -0.39 is 0 Å². The molecule has 1 fully saturated rings. The summed E-state index contributed by atoms with van der Waals surface area (Å²) in [6.07, 6.45) is 5.98. The predicted molar refractivity (Wildman–Crippen MR) is 102 cm³/mol. The van der Waals surface area contributed by atoms with E-state index in [0.717, 1.165) is 25.6 Å². The largest absolute Gasteiger partial charge is 0.357 e. The average Bonchev–Trinajstić information content (AvgIpc) is 2.79. The second kappa shape index (κ2) is 11.4. The van der Waals surface area contributed by atoms with Gasteiger partial charge in [-0.3, -0.25) is 4.99 Å². The second-order valence-electron chi connectivity index (χ2n) is 4.87. The maximum absolute atomic E-state index is 4.73. The average molecular weight is 417 g/mol. The van der Waals surface area contributed by atoms with Crippen LogP contribution in [0, 0.1) is 0 Å². The van der Waals surface area contributed by atoms with E-state index in [2.05, 4.69) is 42.5 Å². The minimum atomic E-state index is 0. The number of hydrogen-bond donors (Lipinski definition) is 2. The lowest BCUT2D eigenvalue weighted by atomic mass is 10.1. The van der Waals surface area contributed by atoms with Gasteiger partial charge in [0.25, 0.3) is 0 Å². The van der Waals surface area contributed by atoms with Gasteiger partial charge in [-0.15, -0.1) is 24.0 Å². The molecule has 2 N–H and O–H groups in total. The topological polar surface area (TPSA) is 36.4 Å². The number of rotatable bonds is 7. The van der Waals surface area contributed by atoms with Crippen LogP contribution in [0.4, 0.5) is 0 Å². The SMILES string of the molecule is CCNC(=NCC1(C)CCCS1)NCCCSC.I. The summed E-state index contributed by atoms with van der Waals surface area (Å²) >= 11 is 3.97. The molecule has 6 heteroatoms. The van der Waals surface area contributed by atoms with E-state index in [-0.39, 0.29) is 24.0 Å². The molecule has 19 heavy (non-hydrogen) atoms. The van der Waals surface area contributed by atoms with Crippen molar-refractivity contribution < 1.29 is 0 Å². The van der Waals surface area contributed by atoms with Crippen molar-refractivity contribution >= 4 is 53.5 Å². The lowest BCUT2D eigenvalue weighted by Gasteiger charge is -2.21. The third-order valence-corrected chi connectivity index (χ3v) is 5.25. The van der Waals surface area contributed by atoms with Crippen LogP contribution < -0.4 is 10.6 Å². The Balaban J connectivity index is 0.00000324. The molecule has 0 aromatic carbocycles. The number of halogens is 1. The van der Waals surface area contributed by atoms with Crippen molar-refractivity contribution in [2.45, 2.75) is 37.9 Å². The van der Waals surface area contributed by atoms with Crippen molar-refractivity contribution in [2.24, 2.45) is 4.99 Å². The molecule has 1 unspecified atom stereocenters. The summed E-state index contributed by atoms with van der Waals surface area (Å²) in [5.74, 6) is 3.48. The van der Waals surface area contributed by atoms with Crippen molar-refractivity contribution in [1.82, 2.24) is 10.6 Å². The van der Waals surface area contributed by atoms with E-state index in [1.807, 2.05) is 11.8 Å². The third-order valence-electron chi connectivity index (χ3n) is 3.03. The molecule has 114 valence electrons. The predicted octanol–water partition coefficient (Wildman–Crippen LogP) is 3.20. The molecule has 1 heterocycles. The smallest absolute Gasteiger partial charge is 0.191 e. The number of nitrogens with one attached hydrogen (secondary N) is 2. The third kappa shape index (κ3) is 8.55. The number of thioether (sulfide) groups is 2. The summed E-state index contributed by atoms with van der Waals surface area (Å²) in [6, 6.07) is 0. The highest BCUT2D eigenvalue weighted by Gasteiger charge is 2.29. The zero-order valence-corrected chi connectivity index (χ0v) is 16.3. The van der Waals surface area contributed by atoms with E-state index in [0.29, 0.717) is 4.75 Å². The molecule has 0 aliphatic carbocycles. The van der Waals surface area contributed by atoms with Crippen LogP contribution in [-0.4, -0.2) is 48.1 Å². The first kappa shape index (κ1) is 19.7. The summed E-state index contributed by atoms with van der Waals surface area (Å²) in [4.78, 5) is 4.73. The van der Waals surface area contributed by atoms with Gasteiger partial charge < -0.3 is 10.6 Å². The van der Waals surface area contributed by atoms with Crippen LogP contribution in [0.25, 0.3) is 0 Å². The van der Waals surface area contributed by atoms with E-state index >= 15 is 0 Å². The highest BCUT2D eigenvalue weighted by Crippen LogP contribution is 2.37. The van der Waals surface area contributed by atoms with Gasteiger partial charge in [0.2, 0.25) is 0 Å². The Morgan fingerprint density at radius 2 is 2.21 bits per heavy atom. The van der Waals surface area contributed by atoms with Crippen LogP contribution in [0.2, 0.25) is 0 Å². The fourth-order valence-corrected chi connectivity index (χ4v) is 3.63. The highest BCUT2D eigenvalue weighted by molar-refractivity contribution is 14.0. The van der Waals surface area contributed by atoms with Gasteiger partial charge in [-0.05, 0) is 50.9 Å². The molecule has 1 aliphatic rings. The molecule has 0 saturated carbocycles. The van der Waals surface area contributed by atoms with Gasteiger partial charge >= 0.3 is 0 Å². The van der Waals surface area contributed by atoms with Crippen LogP contribution in [0.5, 0.6) is 0 Å². The maximum atomic E-state index is 4.73. The minimum absolute atomic E-state index is 0. The van der Waals surface area contributed by atoms with Gasteiger partial charge in [0.1, 0.15) is 0 Å². The summed E-state index contributed by atoms with van der Waals surface area (Å²) in [6.45, 7) is 7.32. The summed E-state index contributed by atoms with van der Waals surface area (Å²) in [5, 5.41) is 6.74. The summed E-state index contributed by atoms with van der Waals surface area (Å²) in [7, 11) is 0. The van der Waals surface area contributed by atoms with Gasteiger partial charge in [-0.1, -0.05) is 0 Å². The number of nitrogens with zero attached hydrogens (tertiary/aromatic N) is 1. The van der Waals surface area contributed by atoms with Gasteiger partial charge in [0.15, 0.2) is 5.96 Å². The van der Waals surface area contributed by atoms with E-state index in [1.165, 1.54) is 30.8 Å². The molecule has 0 amide bonds. The van der Waals surface area contributed by atoms with Crippen LogP contribution in [0.1, 0.15) is 33.1 Å². The Hall–Kier alpha value is 0.700. The molecular formula is C13H28IN3S2. The summed E-state index contributed by atoms with van der Waals surface area (Å²) < 4.78 is 0.363. The quantitative estimate of drug-likeness (QED) is 0.289. The maximum Gasteiger partial charge on any atom is 0.191 e. The Labute approximate surface area is 143 Å². The van der Waals surface area contributed by atoms with Gasteiger partial charge in [0, 0.05) is 17.8 Å². The Kier molecular flexibility index (Phi) is 11.8. The van der Waals surface area contributed by atoms with Crippen molar-refractivity contribution in [3.63, 3.8) is 0 Å². The lowest BCUT2D eigenvalue weighted by molar-refractivity contribution is 0.614.